The second-order valence-electron chi connectivity index (χ2n) is 3.45. The molecule has 16 heavy (non-hydrogen) atoms. The lowest BCUT2D eigenvalue weighted by Gasteiger charge is -2.02. The van der Waals surface area contributed by atoms with Gasteiger partial charge in [0, 0.05) is 12.8 Å². The molecule has 0 radical (unpaired) electrons. The highest BCUT2D eigenvalue weighted by Crippen LogP contribution is 2.19. The van der Waals surface area contributed by atoms with Crippen molar-refractivity contribution < 1.29 is 0 Å². The topological polar surface area (TPSA) is 17.8 Å². The van der Waals surface area contributed by atoms with Gasteiger partial charge in [-0.25, -0.2) is 4.98 Å². The molecule has 2 heterocycles. The molecule has 2 nitrogen and oxygen atoms in total. The van der Waals surface area contributed by atoms with Crippen molar-refractivity contribution in [1.82, 2.24) is 9.55 Å². The van der Waals surface area contributed by atoms with E-state index >= 15 is 0 Å². The van der Waals surface area contributed by atoms with Crippen molar-refractivity contribution >= 4 is 34.7 Å². The first-order valence-electron chi connectivity index (χ1n) is 5.01. The Morgan fingerprint density at radius 3 is 3.06 bits per heavy atom. The van der Waals surface area contributed by atoms with Crippen LogP contribution in [0.3, 0.4) is 0 Å². The lowest BCUT2D eigenvalue weighted by atomic mass is 10.3. The molecule has 0 N–H and O–H groups in total. The Kier molecular flexibility index (Phi) is 4.32. The van der Waals surface area contributed by atoms with Crippen LogP contribution in [-0.4, -0.2) is 15.3 Å². The molecule has 0 unspecified atom stereocenters. The van der Waals surface area contributed by atoms with Gasteiger partial charge in [-0.15, -0.1) is 11.6 Å². The Morgan fingerprint density at radius 2 is 2.44 bits per heavy atom. The highest BCUT2D eigenvalue weighted by Gasteiger charge is 2.05. The van der Waals surface area contributed by atoms with E-state index in [9.17, 15) is 0 Å². The van der Waals surface area contributed by atoms with E-state index in [0.717, 1.165) is 23.0 Å². The van der Waals surface area contributed by atoms with Crippen LogP contribution in [0.5, 0.6) is 0 Å². The lowest BCUT2D eigenvalue weighted by molar-refractivity contribution is 0.760. The van der Waals surface area contributed by atoms with Gasteiger partial charge in [-0.05, 0) is 28.8 Å². The van der Waals surface area contributed by atoms with Crippen molar-refractivity contribution in [2.45, 2.75) is 17.5 Å². The minimum Gasteiger partial charge on any atom is -0.325 e. The summed E-state index contributed by atoms with van der Waals surface area (Å²) in [5, 5.41) is 5.36. The number of hydrogen-bond donors (Lipinski definition) is 0. The number of rotatable bonds is 5. The zero-order valence-corrected chi connectivity index (χ0v) is 11.4. The van der Waals surface area contributed by atoms with Crippen LogP contribution in [0.25, 0.3) is 0 Å². The van der Waals surface area contributed by atoms with E-state index in [0.29, 0.717) is 5.88 Å². The van der Waals surface area contributed by atoms with Crippen molar-refractivity contribution in [3.05, 3.63) is 34.3 Å². The molecule has 0 saturated carbocycles. The van der Waals surface area contributed by atoms with Crippen molar-refractivity contribution in [3.8, 4) is 0 Å². The minimum atomic E-state index is 0.522. The Bertz CT molecular complexity index is 437. The normalized spacial score (nSPS) is 10.9. The molecule has 5 heteroatoms. The van der Waals surface area contributed by atoms with Gasteiger partial charge in [-0.3, -0.25) is 0 Å². The summed E-state index contributed by atoms with van der Waals surface area (Å²) >= 11 is 9.32. The second kappa shape index (κ2) is 5.75. The molecule has 0 aromatic carbocycles. The van der Waals surface area contributed by atoms with Crippen molar-refractivity contribution in [1.29, 1.82) is 0 Å². The minimum absolute atomic E-state index is 0.522. The monoisotopic (exact) mass is 272 g/mol. The van der Waals surface area contributed by atoms with E-state index in [1.807, 2.05) is 13.2 Å². The van der Waals surface area contributed by atoms with E-state index in [1.54, 1.807) is 23.1 Å². The van der Waals surface area contributed by atoms with E-state index in [-0.39, 0.29) is 0 Å². The Labute approximate surface area is 109 Å². The van der Waals surface area contributed by atoms with Crippen molar-refractivity contribution in [3.63, 3.8) is 0 Å². The number of aromatic nitrogens is 2. The molecular formula is C11H13ClN2S2. The summed E-state index contributed by atoms with van der Waals surface area (Å²) in [6, 6.07) is 2.17. The third-order valence-corrected chi connectivity index (χ3v) is 4.43. The summed E-state index contributed by atoms with van der Waals surface area (Å²) in [6.45, 7) is 0. The summed E-state index contributed by atoms with van der Waals surface area (Å²) in [5.41, 5.74) is 2.48. The van der Waals surface area contributed by atoms with Gasteiger partial charge < -0.3 is 4.57 Å². The Morgan fingerprint density at radius 1 is 1.56 bits per heavy atom. The van der Waals surface area contributed by atoms with Crippen molar-refractivity contribution in [2.24, 2.45) is 7.05 Å². The number of alkyl halides is 1. The smallest absolute Gasteiger partial charge is 0.167 e. The van der Waals surface area contributed by atoms with E-state index in [4.69, 9.17) is 11.6 Å². The fourth-order valence-corrected chi connectivity index (χ4v) is 3.29. The SMILES string of the molecule is Cn1c(CCl)cnc1SCCc1ccsc1. The Hall–Kier alpha value is -0.450. The molecule has 0 aliphatic carbocycles. The summed E-state index contributed by atoms with van der Waals surface area (Å²) in [5.74, 6) is 1.58. The standard InChI is InChI=1S/C11H13ClN2S2/c1-14-10(6-12)7-13-11(14)16-5-3-9-2-4-15-8-9/h2,4,7-8H,3,5-6H2,1H3. The largest absolute Gasteiger partial charge is 0.325 e. The fraction of sp³-hybridized carbons (Fsp3) is 0.364. The van der Waals surface area contributed by atoms with Crippen LogP contribution < -0.4 is 0 Å². The first kappa shape index (κ1) is 12.0. The lowest BCUT2D eigenvalue weighted by Crippen LogP contribution is -1.96. The molecule has 0 fully saturated rings. The maximum absolute atomic E-state index is 5.79. The summed E-state index contributed by atoms with van der Waals surface area (Å²) in [4.78, 5) is 4.35. The predicted octanol–water partition coefficient (Wildman–Crippen LogP) is 3.56. The Balaban J connectivity index is 1.87. The molecule has 2 rings (SSSR count). The molecule has 2 aromatic heterocycles. The number of aryl methyl sites for hydroxylation is 1. The van der Waals surface area contributed by atoms with E-state index in [1.165, 1.54) is 5.56 Å². The average molecular weight is 273 g/mol. The highest BCUT2D eigenvalue weighted by atomic mass is 35.5. The van der Waals surface area contributed by atoms with Crippen LogP contribution in [0.1, 0.15) is 11.3 Å². The molecule has 2 aromatic rings. The van der Waals surface area contributed by atoms with Gasteiger partial charge in [0.1, 0.15) is 0 Å². The number of hydrogen-bond acceptors (Lipinski definition) is 3. The van der Waals surface area contributed by atoms with Gasteiger partial charge in [0.25, 0.3) is 0 Å². The summed E-state index contributed by atoms with van der Waals surface area (Å²) in [7, 11) is 2.01. The van der Waals surface area contributed by atoms with Crippen LogP contribution >= 0.6 is 34.7 Å². The second-order valence-corrected chi connectivity index (χ2v) is 5.56. The van der Waals surface area contributed by atoms with Gasteiger partial charge in [0.2, 0.25) is 0 Å². The third-order valence-electron chi connectivity index (χ3n) is 2.38. The van der Waals surface area contributed by atoms with Gasteiger partial charge in [-0.2, -0.15) is 11.3 Å². The van der Waals surface area contributed by atoms with Gasteiger partial charge >= 0.3 is 0 Å². The van der Waals surface area contributed by atoms with Crippen molar-refractivity contribution in [2.75, 3.05) is 5.75 Å². The summed E-state index contributed by atoms with van der Waals surface area (Å²) in [6.07, 6.45) is 2.94. The zero-order valence-electron chi connectivity index (χ0n) is 9.02. The highest BCUT2D eigenvalue weighted by molar-refractivity contribution is 7.99. The number of thiophene rings is 1. The van der Waals surface area contributed by atoms with Gasteiger partial charge in [-0.1, -0.05) is 11.8 Å². The zero-order chi connectivity index (χ0) is 11.4. The summed E-state index contributed by atoms with van der Waals surface area (Å²) < 4.78 is 2.06. The quantitative estimate of drug-likeness (QED) is 0.612. The van der Waals surface area contributed by atoms with Gasteiger partial charge in [0.15, 0.2) is 5.16 Å². The number of halogens is 1. The maximum Gasteiger partial charge on any atom is 0.167 e. The van der Waals surface area contributed by atoms with E-state index < -0.39 is 0 Å². The first-order chi connectivity index (χ1) is 7.81. The van der Waals surface area contributed by atoms with E-state index in [2.05, 4.69) is 26.4 Å². The third kappa shape index (κ3) is 2.81. The number of thioether (sulfide) groups is 1. The number of nitrogens with zero attached hydrogens (tertiary/aromatic N) is 2. The fourth-order valence-electron chi connectivity index (χ4n) is 1.38. The first-order valence-corrected chi connectivity index (χ1v) is 7.48. The van der Waals surface area contributed by atoms with Crippen LogP contribution in [0.15, 0.2) is 28.2 Å². The molecule has 0 saturated heterocycles. The molecule has 0 bridgehead atoms. The average Bonchev–Trinajstić information content (AvgIpc) is 2.90. The molecule has 0 atom stereocenters. The molecule has 0 aliphatic rings. The van der Waals surface area contributed by atoms with Gasteiger partial charge in [0.05, 0.1) is 17.8 Å². The molecule has 0 aliphatic heterocycles. The maximum atomic E-state index is 5.79. The van der Waals surface area contributed by atoms with Crippen LogP contribution in [0.2, 0.25) is 0 Å². The molecule has 0 spiro atoms. The number of imidazole rings is 1. The molecule has 86 valence electrons. The predicted molar refractivity (Wildman–Crippen MR) is 71.5 cm³/mol. The van der Waals surface area contributed by atoms with Crippen LogP contribution in [0.4, 0.5) is 0 Å². The molecule has 0 amide bonds. The molecular weight excluding hydrogens is 260 g/mol. The van der Waals surface area contributed by atoms with Crippen LogP contribution in [0, 0.1) is 0 Å². The van der Waals surface area contributed by atoms with Crippen LogP contribution in [-0.2, 0) is 19.3 Å².